The zero-order valence-corrected chi connectivity index (χ0v) is 13.8. The predicted octanol–water partition coefficient (Wildman–Crippen LogP) is 2.84. The van der Waals surface area contributed by atoms with E-state index >= 15 is 0 Å². The lowest BCUT2D eigenvalue weighted by molar-refractivity contribution is -0.132. The highest BCUT2D eigenvalue weighted by Gasteiger charge is 2.39. The highest BCUT2D eigenvalue weighted by molar-refractivity contribution is 5.92. The van der Waals surface area contributed by atoms with Crippen LogP contribution >= 0.6 is 0 Å². The first-order valence-corrected chi connectivity index (χ1v) is 8.23. The summed E-state index contributed by atoms with van der Waals surface area (Å²) < 4.78 is 5.19. The number of hydrogen-bond donors (Lipinski definition) is 1. The number of piperidine rings is 1. The molecule has 2 aromatic rings. The van der Waals surface area contributed by atoms with Crippen LogP contribution in [-0.4, -0.2) is 29.8 Å². The van der Waals surface area contributed by atoms with Gasteiger partial charge in [-0.05, 0) is 37.5 Å². The number of carbonyl (C=O) groups is 2. The van der Waals surface area contributed by atoms with E-state index in [0.717, 1.165) is 18.4 Å². The molecule has 126 valence electrons. The van der Waals surface area contributed by atoms with Crippen molar-refractivity contribution in [2.75, 3.05) is 13.1 Å². The van der Waals surface area contributed by atoms with Gasteiger partial charge in [-0.2, -0.15) is 0 Å². The van der Waals surface area contributed by atoms with Crippen molar-refractivity contribution in [1.82, 2.24) is 10.2 Å². The summed E-state index contributed by atoms with van der Waals surface area (Å²) in [5, 5.41) is 3.00. The molecule has 0 saturated carbocycles. The average Bonchev–Trinajstić information content (AvgIpc) is 3.14. The molecule has 5 heteroatoms. The van der Waals surface area contributed by atoms with Crippen LogP contribution in [0.3, 0.4) is 0 Å². The molecule has 0 radical (unpaired) electrons. The minimum atomic E-state index is -0.574. The molecule has 3 rings (SSSR count). The summed E-state index contributed by atoms with van der Waals surface area (Å²) in [6, 6.07) is 13.2. The second-order valence-corrected chi connectivity index (χ2v) is 6.54. The van der Waals surface area contributed by atoms with Gasteiger partial charge < -0.3 is 14.6 Å². The molecule has 1 aromatic carbocycles. The summed E-state index contributed by atoms with van der Waals surface area (Å²) in [5.74, 6) is 0.161. The van der Waals surface area contributed by atoms with Crippen molar-refractivity contribution in [2.45, 2.75) is 26.3 Å². The van der Waals surface area contributed by atoms with Gasteiger partial charge in [0.05, 0.1) is 11.7 Å². The summed E-state index contributed by atoms with van der Waals surface area (Å²) in [7, 11) is 0. The third-order valence-corrected chi connectivity index (χ3v) is 4.56. The molecule has 24 heavy (non-hydrogen) atoms. The van der Waals surface area contributed by atoms with Crippen molar-refractivity contribution in [3.8, 4) is 0 Å². The van der Waals surface area contributed by atoms with E-state index in [1.165, 1.54) is 6.26 Å². The first-order valence-electron chi connectivity index (χ1n) is 8.23. The van der Waals surface area contributed by atoms with Gasteiger partial charge in [0.1, 0.15) is 0 Å². The number of rotatable bonds is 4. The Bertz CT molecular complexity index is 697. The molecule has 5 nitrogen and oxygen atoms in total. The van der Waals surface area contributed by atoms with Crippen molar-refractivity contribution in [1.29, 1.82) is 0 Å². The maximum atomic E-state index is 12.7. The standard InChI is InChI=1S/C19H22N2O3/c1-19(18(23)20-13-15-7-3-2-4-8-15)10-6-11-21(14-19)17(22)16-9-5-12-24-16/h2-5,7-9,12H,6,10-11,13-14H2,1H3,(H,20,23)/t19-/m1/s1. The third-order valence-electron chi connectivity index (χ3n) is 4.56. The van der Waals surface area contributed by atoms with E-state index in [1.54, 1.807) is 17.0 Å². The molecule has 1 aliphatic heterocycles. The number of nitrogens with zero attached hydrogens (tertiary/aromatic N) is 1. The first-order chi connectivity index (χ1) is 11.6. The van der Waals surface area contributed by atoms with E-state index < -0.39 is 5.41 Å². The number of carbonyl (C=O) groups excluding carboxylic acids is 2. The lowest BCUT2D eigenvalue weighted by atomic mass is 9.80. The normalized spacial score (nSPS) is 20.6. The molecule has 0 unspecified atom stereocenters. The molecule has 1 aromatic heterocycles. The summed E-state index contributed by atoms with van der Waals surface area (Å²) in [6.07, 6.45) is 3.07. The molecule has 0 bridgehead atoms. The van der Waals surface area contributed by atoms with Gasteiger partial charge >= 0.3 is 0 Å². The van der Waals surface area contributed by atoms with Crippen LogP contribution in [0.4, 0.5) is 0 Å². The van der Waals surface area contributed by atoms with E-state index in [9.17, 15) is 9.59 Å². The Labute approximate surface area is 141 Å². The van der Waals surface area contributed by atoms with Gasteiger partial charge in [-0.3, -0.25) is 9.59 Å². The lowest BCUT2D eigenvalue weighted by Gasteiger charge is -2.39. The topological polar surface area (TPSA) is 62.6 Å². The van der Waals surface area contributed by atoms with Crippen molar-refractivity contribution in [2.24, 2.45) is 5.41 Å². The van der Waals surface area contributed by atoms with Gasteiger partial charge in [0, 0.05) is 19.6 Å². The van der Waals surface area contributed by atoms with Crippen LogP contribution in [0, 0.1) is 5.41 Å². The van der Waals surface area contributed by atoms with Crippen molar-refractivity contribution >= 4 is 11.8 Å². The molecule has 1 saturated heterocycles. The number of furan rings is 1. The van der Waals surface area contributed by atoms with Gasteiger partial charge in [0.15, 0.2) is 5.76 Å². The van der Waals surface area contributed by atoms with Gasteiger partial charge in [0.2, 0.25) is 5.91 Å². The minimum Gasteiger partial charge on any atom is -0.459 e. The Hall–Kier alpha value is -2.56. The van der Waals surface area contributed by atoms with Crippen LogP contribution in [0.5, 0.6) is 0 Å². The molecule has 0 spiro atoms. The second-order valence-electron chi connectivity index (χ2n) is 6.54. The zero-order valence-electron chi connectivity index (χ0n) is 13.8. The van der Waals surface area contributed by atoms with Gasteiger partial charge in [-0.15, -0.1) is 0 Å². The lowest BCUT2D eigenvalue weighted by Crippen LogP contribution is -2.51. The quantitative estimate of drug-likeness (QED) is 0.940. The van der Waals surface area contributed by atoms with Crippen LogP contribution in [0.25, 0.3) is 0 Å². The highest BCUT2D eigenvalue weighted by atomic mass is 16.3. The molecular weight excluding hydrogens is 304 g/mol. The van der Waals surface area contributed by atoms with E-state index in [0.29, 0.717) is 25.4 Å². The largest absolute Gasteiger partial charge is 0.459 e. The van der Waals surface area contributed by atoms with Crippen molar-refractivity contribution < 1.29 is 14.0 Å². The molecule has 0 aliphatic carbocycles. The third kappa shape index (κ3) is 3.50. The maximum Gasteiger partial charge on any atom is 0.289 e. The average molecular weight is 326 g/mol. The Balaban J connectivity index is 1.63. The molecule has 1 atom stereocenters. The van der Waals surface area contributed by atoms with E-state index in [1.807, 2.05) is 37.3 Å². The molecular formula is C19H22N2O3. The van der Waals surface area contributed by atoms with E-state index in [-0.39, 0.29) is 11.8 Å². The van der Waals surface area contributed by atoms with Crippen LogP contribution in [0.1, 0.15) is 35.9 Å². The second kappa shape index (κ2) is 6.91. The van der Waals surface area contributed by atoms with E-state index in [4.69, 9.17) is 4.42 Å². The molecule has 2 amide bonds. The number of hydrogen-bond acceptors (Lipinski definition) is 3. The fourth-order valence-electron chi connectivity index (χ4n) is 3.15. The Morgan fingerprint density at radius 3 is 2.71 bits per heavy atom. The number of nitrogens with one attached hydrogen (secondary N) is 1. The van der Waals surface area contributed by atoms with Gasteiger partial charge in [-0.1, -0.05) is 30.3 Å². The first kappa shape index (κ1) is 16.3. The Kier molecular flexibility index (Phi) is 4.69. The Morgan fingerprint density at radius 2 is 2.00 bits per heavy atom. The van der Waals surface area contributed by atoms with Gasteiger partial charge in [-0.25, -0.2) is 0 Å². The summed E-state index contributed by atoms with van der Waals surface area (Å²) in [4.78, 5) is 26.8. The monoisotopic (exact) mass is 326 g/mol. The fraction of sp³-hybridized carbons (Fsp3) is 0.368. The number of likely N-dealkylation sites (tertiary alicyclic amines) is 1. The van der Waals surface area contributed by atoms with Crippen LogP contribution < -0.4 is 5.32 Å². The summed E-state index contributed by atoms with van der Waals surface area (Å²) in [6.45, 7) is 3.49. The predicted molar refractivity (Wildman–Crippen MR) is 90.2 cm³/mol. The minimum absolute atomic E-state index is 0.0108. The number of amides is 2. The molecule has 1 fully saturated rings. The fourth-order valence-corrected chi connectivity index (χ4v) is 3.15. The van der Waals surface area contributed by atoms with Crippen LogP contribution in [-0.2, 0) is 11.3 Å². The summed E-state index contributed by atoms with van der Waals surface area (Å²) in [5.41, 5.74) is 0.490. The van der Waals surface area contributed by atoms with Gasteiger partial charge in [0.25, 0.3) is 5.91 Å². The molecule has 1 N–H and O–H groups in total. The maximum absolute atomic E-state index is 12.7. The summed E-state index contributed by atoms with van der Waals surface area (Å²) >= 11 is 0. The molecule has 1 aliphatic rings. The highest BCUT2D eigenvalue weighted by Crippen LogP contribution is 2.30. The Morgan fingerprint density at radius 1 is 1.21 bits per heavy atom. The van der Waals surface area contributed by atoms with Crippen molar-refractivity contribution in [3.63, 3.8) is 0 Å². The van der Waals surface area contributed by atoms with Crippen LogP contribution in [0.15, 0.2) is 53.1 Å². The SMILES string of the molecule is C[C@@]1(C(=O)NCc2ccccc2)CCCN(C(=O)c2ccco2)C1. The molecule has 2 heterocycles. The van der Waals surface area contributed by atoms with Crippen molar-refractivity contribution in [3.05, 3.63) is 60.1 Å². The number of benzene rings is 1. The zero-order chi connectivity index (χ0) is 17.0. The van der Waals surface area contributed by atoms with E-state index in [2.05, 4.69) is 5.32 Å². The smallest absolute Gasteiger partial charge is 0.289 e. The van der Waals surface area contributed by atoms with Crippen LogP contribution in [0.2, 0.25) is 0 Å².